The Morgan fingerprint density at radius 1 is 1.38 bits per heavy atom. The van der Waals surface area contributed by atoms with Gasteiger partial charge in [-0.1, -0.05) is 0 Å². The average molecular weight is 297 g/mol. The summed E-state index contributed by atoms with van der Waals surface area (Å²) in [5.41, 5.74) is 0.187. The van der Waals surface area contributed by atoms with Crippen molar-refractivity contribution in [2.75, 3.05) is 25.6 Å². The first-order valence-electron chi connectivity index (χ1n) is 6.48. The molecule has 6 nitrogen and oxygen atoms in total. The third-order valence-corrected chi connectivity index (χ3v) is 3.19. The van der Waals surface area contributed by atoms with E-state index in [1.165, 1.54) is 19.2 Å². The second-order valence-electron chi connectivity index (χ2n) is 4.76. The first-order chi connectivity index (χ1) is 10.0. The van der Waals surface area contributed by atoms with Gasteiger partial charge in [0.2, 0.25) is 5.91 Å². The molecular formula is C14H16FNO5. The molecule has 0 radical (unpaired) electrons. The first kappa shape index (κ1) is 15.2. The smallest absolute Gasteiger partial charge is 0.307 e. The number of amides is 1. The van der Waals surface area contributed by atoms with E-state index in [0.29, 0.717) is 18.8 Å². The molecule has 1 aromatic carbocycles. The molecule has 1 saturated carbocycles. The summed E-state index contributed by atoms with van der Waals surface area (Å²) in [6.45, 7) is 0.612. The predicted octanol–water partition coefficient (Wildman–Crippen LogP) is 1.51. The summed E-state index contributed by atoms with van der Waals surface area (Å²) in [7, 11) is 1.52. The van der Waals surface area contributed by atoms with E-state index >= 15 is 0 Å². The number of carboxylic acids is 1. The van der Waals surface area contributed by atoms with Gasteiger partial charge < -0.3 is 19.9 Å². The van der Waals surface area contributed by atoms with Crippen LogP contribution in [0.1, 0.15) is 6.42 Å². The third kappa shape index (κ3) is 3.91. The Morgan fingerprint density at radius 3 is 2.76 bits per heavy atom. The topological polar surface area (TPSA) is 84.9 Å². The predicted molar refractivity (Wildman–Crippen MR) is 71.6 cm³/mol. The van der Waals surface area contributed by atoms with Crippen LogP contribution in [0.4, 0.5) is 10.1 Å². The molecule has 0 bridgehead atoms. The van der Waals surface area contributed by atoms with Crippen molar-refractivity contribution >= 4 is 17.6 Å². The standard InChI is InChI=1S/C14H16FNO5/c1-20-4-5-21-12-3-2-8(15)6-11(12)16-13(17)9-7-10(9)14(18)19/h2-3,6,9-10H,4-5,7H2,1H3,(H,16,17)(H,18,19). The van der Waals surface area contributed by atoms with Crippen LogP contribution in [-0.2, 0) is 14.3 Å². The fourth-order valence-electron chi connectivity index (χ4n) is 1.94. The van der Waals surface area contributed by atoms with Crippen molar-refractivity contribution in [3.05, 3.63) is 24.0 Å². The number of halogens is 1. The van der Waals surface area contributed by atoms with Crippen molar-refractivity contribution in [3.8, 4) is 5.75 Å². The quantitative estimate of drug-likeness (QED) is 0.745. The fourth-order valence-corrected chi connectivity index (χ4v) is 1.94. The number of aliphatic carboxylic acids is 1. The maximum atomic E-state index is 13.3. The Kier molecular flexibility index (Phi) is 4.74. The molecule has 2 N–H and O–H groups in total. The Balaban J connectivity index is 2.02. The highest BCUT2D eigenvalue weighted by Crippen LogP contribution is 2.40. The summed E-state index contributed by atoms with van der Waals surface area (Å²) < 4.78 is 23.5. The van der Waals surface area contributed by atoms with E-state index in [0.717, 1.165) is 6.07 Å². The van der Waals surface area contributed by atoms with Crippen molar-refractivity contribution in [1.29, 1.82) is 0 Å². The van der Waals surface area contributed by atoms with E-state index in [1.54, 1.807) is 0 Å². The van der Waals surface area contributed by atoms with Crippen LogP contribution in [0.25, 0.3) is 0 Å². The normalized spacial score (nSPS) is 19.9. The summed E-state index contributed by atoms with van der Waals surface area (Å²) in [4.78, 5) is 22.7. The Bertz CT molecular complexity index is 548. The maximum Gasteiger partial charge on any atom is 0.307 e. The number of methoxy groups -OCH3 is 1. The number of anilines is 1. The van der Waals surface area contributed by atoms with Crippen molar-refractivity contribution < 1.29 is 28.6 Å². The molecule has 0 aliphatic heterocycles. The highest BCUT2D eigenvalue weighted by molar-refractivity contribution is 5.99. The minimum Gasteiger partial charge on any atom is -0.489 e. The van der Waals surface area contributed by atoms with Gasteiger partial charge in [0.1, 0.15) is 18.2 Å². The molecule has 2 atom stereocenters. The molecule has 1 fully saturated rings. The molecule has 0 spiro atoms. The molecule has 21 heavy (non-hydrogen) atoms. The Hall–Kier alpha value is -2.15. The summed E-state index contributed by atoms with van der Waals surface area (Å²) >= 11 is 0. The van der Waals surface area contributed by atoms with E-state index in [1.807, 2.05) is 0 Å². The summed E-state index contributed by atoms with van der Waals surface area (Å²) in [5, 5.41) is 11.3. The molecular weight excluding hydrogens is 281 g/mol. The SMILES string of the molecule is COCCOc1ccc(F)cc1NC(=O)C1CC1C(=O)O. The van der Waals surface area contributed by atoms with Gasteiger partial charge in [0.15, 0.2) is 0 Å². The molecule has 114 valence electrons. The number of carbonyl (C=O) groups is 2. The third-order valence-electron chi connectivity index (χ3n) is 3.19. The van der Waals surface area contributed by atoms with Crippen LogP contribution in [0, 0.1) is 17.7 Å². The fraction of sp³-hybridized carbons (Fsp3) is 0.429. The van der Waals surface area contributed by atoms with Gasteiger partial charge in [-0.05, 0) is 18.6 Å². The Morgan fingerprint density at radius 2 is 2.14 bits per heavy atom. The van der Waals surface area contributed by atoms with E-state index in [2.05, 4.69) is 5.32 Å². The lowest BCUT2D eigenvalue weighted by Crippen LogP contribution is -2.18. The number of hydrogen-bond donors (Lipinski definition) is 2. The number of carboxylic acid groups (broad SMARTS) is 1. The average Bonchev–Trinajstić information content (AvgIpc) is 3.22. The molecule has 0 heterocycles. The van der Waals surface area contributed by atoms with Gasteiger partial charge in [0, 0.05) is 13.2 Å². The van der Waals surface area contributed by atoms with E-state index < -0.39 is 29.5 Å². The molecule has 0 saturated heterocycles. The van der Waals surface area contributed by atoms with Crippen LogP contribution in [0.2, 0.25) is 0 Å². The number of hydrogen-bond acceptors (Lipinski definition) is 4. The zero-order valence-corrected chi connectivity index (χ0v) is 11.5. The molecule has 1 aliphatic carbocycles. The van der Waals surface area contributed by atoms with Gasteiger partial charge in [-0.15, -0.1) is 0 Å². The number of ether oxygens (including phenoxy) is 2. The van der Waals surface area contributed by atoms with Crippen LogP contribution in [0.3, 0.4) is 0 Å². The second-order valence-corrected chi connectivity index (χ2v) is 4.76. The number of benzene rings is 1. The molecule has 2 unspecified atom stereocenters. The van der Waals surface area contributed by atoms with Gasteiger partial charge in [-0.3, -0.25) is 9.59 Å². The zero-order valence-electron chi connectivity index (χ0n) is 11.5. The van der Waals surface area contributed by atoms with Crippen molar-refractivity contribution in [2.45, 2.75) is 6.42 Å². The molecule has 1 amide bonds. The highest BCUT2D eigenvalue weighted by Gasteiger charge is 2.48. The molecule has 1 aliphatic rings. The number of carbonyl (C=O) groups excluding carboxylic acids is 1. The van der Waals surface area contributed by atoms with Crippen LogP contribution >= 0.6 is 0 Å². The van der Waals surface area contributed by atoms with Gasteiger partial charge in [0.25, 0.3) is 0 Å². The van der Waals surface area contributed by atoms with E-state index in [-0.39, 0.29) is 12.3 Å². The lowest BCUT2D eigenvalue weighted by molar-refractivity contribution is -0.139. The minimum atomic E-state index is -0.994. The van der Waals surface area contributed by atoms with Gasteiger partial charge >= 0.3 is 5.97 Å². The molecule has 1 aromatic rings. The molecule has 7 heteroatoms. The van der Waals surface area contributed by atoms with Crippen LogP contribution < -0.4 is 10.1 Å². The largest absolute Gasteiger partial charge is 0.489 e. The maximum absolute atomic E-state index is 13.3. The van der Waals surface area contributed by atoms with Crippen LogP contribution in [0.5, 0.6) is 5.75 Å². The highest BCUT2D eigenvalue weighted by atomic mass is 19.1. The van der Waals surface area contributed by atoms with Crippen molar-refractivity contribution in [1.82, 2.24) is 0 Å². The van der Waals surface area contributed by atoms with E-state index in [4.69, 9.17) is 14.6 Å². The van der Waals surface area contributed by atoms with Crippen molar-refractivity contribution in [3.63, 3.8) is 0 Å². The van der Waals surface area contributed by atoms with Gasteiger partial charge in [-0.2, -0.15) is 0 Å². The van der Waals surface area contributed by atoms with Crippen LogP contribution in [0.15, 0.2) is 18.2 Å². The van der Waals surface area contributed by atoms with Gasteiger partial charge in [-0.25, -0.2) is 4.39 Å². The summed E-state index contributed by atoms with van der Waals surface area (Å²) in [5.74, 6) is -2.87. The Labute approximate surface area is 120 Å². The second kappa shape index (κ2) is 6.53. The number of nitrogens with one attached hydrogen (secondary N) is 1. The molecule has 0 aromatic heterocycles. The van der Waals surface area contributed by atoms with E-state index in [9.17, 15) is 14.0 Å². The van der Waals surface area contributed by atoms with Crippen LogP contribution in [-0.4, -0.2) is 37.3 Å². The first-order valence-corrected chi connectivity index (χ1v) is 6.48. The van der Waals surface area contributed by atoms with Gasteiger partial charge in [0.05, 0.1) is 24.1 Å². The zero-order chi connectivity index (χ0) is 15.4. The minimum absolute atomic E-state index is 0.187. The molecule has 2 rings (SSSR count). The summed E-state index contributed by atoms with van der Waals surface area (Å²) in [6, 6.07) is 3.76. The number of rotatable bonds is 7. The summed E-state index contributed by atoms with van der Waals surface area (Å²) in [6.07, 6.45) is 0.302. The lowest BCUT2D eigenvalue weighted by atomic mass is 10.2. The monoisotopic (exact) mass is 297 g/mol. The van der Waals surface area contributed by atoms with Crippen molar-refractivity contribution in [2.24, 2.45) is 11.8 Å². The lowest BCUT2D eigenvalue weighted by Gasteiger charge is -2.12.